The maximum atomic E-state index is 13.0. The van der Waals surface area contributed by atoms with E-state index in [1.807, 2.05) is 10.8 Å². The molecular weight excluding hydrogens is 265 g/mol. The number of halogens is 2. The molecule has 1 heterocycles. The molecule has 5 heteroatoms. The summed E-state index contributed by atoms with van der Waals surface area (Å²) in [6.07, 6.45) is 4.84. The van der Waals surface area contributed by atoms with Gasteiger partial charge in [0.1, 0.15) is 5.82 Å². The minimum absolute atomic E-state index is 0.316. The summed E-state index contributed by atoms with van der Waals surface area (Å²) in [6.45, 7) is 4.47. The fourth-order valence-corrected chi connectivity index (χ4v) is 2.05. The zero-order valence-electron chi connectivity index (χ0n) is 10.9. The van der Waals surface area contributed by atoms with E-state index in [-0.39, 0.29) is 5.82 Å². The summed E-state index contributed by atoms with van der Waals surface area (Å²) in [5, 5.41) is 3.74. The first kappa shape index (κ1) is 14.0. The van der Waals surface area contributed by atoms with E-state index in [9.17, 15) is 4.39 Å². The van der Waals surface area contributed by atoms with Gasteiger partial charge >= 0.3 is 0 Å². The SMILES string of the molecule is CCCNCc1cn(Cc2ccc(F)cc2Cl)cn1. The predicted octanol–water partition coefficient (Wildman–Crippen LogP) is 3.22. The third-order valence-corrected chi connectivity index (χ3v) is 3.14. The van der Waals surface area contributed by atoms with E-state index in [0.717, 1.165) is 30.8 Å². The van der Waals surface area contributed by atoms with E-state index in [0.29, 0.717) is 11.6 Å². The molecule has 0 amide bonds. The zero-order valence-corrected chi connectivity index (χ0v) is 11.6. The number of imidazole rings is 1. The molecule has 0 radical (unpaired) electrons. The molecule has 0 aliphatic rings. The first-order valence-electron chi connectivity index (χ1n) is 6.34. The minimum Gasteiger partial charge on any atom is -0.333 e. The van der Waals surface area contributed by atoms with E-state index in [1.54, 1.807) is 12.4 Å². The van der Waals surface area contributed by atoms with Gasteiger partial charge in [-0.15, -0.1) is 0 Å². The number of rotatable bonds is 6. The number of nitrogens with zero attached hydrogens (tertiary/aromatic N) is 2. The highest BCUT2D eigenvalue weighted by molar-refractivity contribution is 6.31. The predicted molar refractivity (Wildman–Crippen MR) is 74.7 cm³/mol. The molecule has 0 unspecified atom stereocenters. The van der Waals surface area contributed by atoms with Crippen molar-refractivity contribution in [3.05, 3.63) is 52.8 Å². The molecule has 3 nitrogen and oxygen atoms in total. The Balaban J connectivity index is 1.99. The first-order chi connectivity index (χ1) is 9.19. The molecule has 0 saturated carbocycles. The second kappa shape index (κ2) is 6.68. The van der Waals surface area contributed by atoms with Gasteiger partial charge in [-0.3, -0.25) is 0 Å². The summed E-state index contributed by atoms with van der Waals surface area (Å²) >= 11 is 6.00. The van der Waals surface area contributed by atoms with Crippen molar-refractivity contribution in [2.75, 3.05) is 6.54 Å². The van der Waals surface area contributed by atoms with Gasteiger partial charge in [-0.2, -0.15) is 0 Å². The Morgan fingerprint density at radius 2 is 2.26 bits per heavy atom. The van der Waals surface area contributed by atoms with Crippen LogP contribution in [0, 0.1) is 5.82 Å². The van der Waals surface area contributed by atoms with Crippen LogP contribution in [0.25, 0.3) is 0 Å². The largest absolute Gasteiger partial charge is 0.333 e. The summed E-state index contributed by atoms with van der Waals surface area (Å²) in [6, 6.07) is 4.45. The summed E-state index contributed by atoms with van der Waals surface area (Å²) in [7, 11) is 0. The zero-order chi connectivity index (χ0) is 13.7. The van der Waals surface area contributed by atoms with Crippen molar-refractivity contribution in [3.63, 3.8) is 0 Å². The fraction of sp³-hybridized carbons (Fsp3) is 0.357. The Bertz CT molecular complexity index is 539. The smallest absolute Gasteiger partial charge is 0.124 e. The van der Waals surface area contributed by atoms with Crippen molar-refractivity contribution in [3.8, 4) is 0 Å². The van der Waals surface area contributed by atoms with Crippen molar-refractivity contribution in [1.82, 2.24) is 14.9 Å². The monoisotopic (exact) mass is 281 g/mol. The summed E-state index contributed by atoms with van der Waals surface area (Å²) in [5.41, 5.74) is 1.88. The molecular formula is C14H17ClFN3. The normalized spacial score (nSPS) is 10.9. The number of hydrogen-bond acceptors (Lipinski definition) is 2. The highest BCUT2D eigenvalue weighted by Gasteiger charge is 2.04. The lowest BCUT2D eigenvalue weighted by Gasteiger charge is -2.05. The van der Waals surface area contributed by atoms with Crippen LogP contribution >= 0.6 is 11.6 Å². The Morgan fingerprint density at radius 3 is 3.00 bits per heavy atom. The average molecular weight is 282 g/mol. The van der Waals surface area contributed by atoms with Gasteiger partial charge in [0.15, 0.2) is 0 Å². The average Bonchev–Trinajstić information content (AvgIpc) is 2.81. The highest BCUT2D eigenvalue weighted by Crippen LogP contribution is 2.18. The van der Waals surface area contributed by atoms with Gasteiger partial charge in [0.25, 0.3) is 0 Å². The van der Waals surface area contributed by atoms with E-state index < -0.39 is 0 Å². The van der Waals surface area contributed by atoms with Crippen LogP contribution in [0.3, 0.4) is 0 Å². The molecule has 2 rings (SSSR count). The minimum atomic E-state index is -0.316. The fourth-order valence-electron chi connectivity index (χ4n) is 1.82. The third kappa shape index (κ3) is 4.04. The van der Waals surface area contributed by atoms with Crippen LogP contribution in [0.5, 0.6) is 0 Å². The molecule has 0 bridgehead atoms. The van der Waals surface area contributed by atoms with Gasteiger partial charge in [-0.1, -0.05) is 24.6 Å². The molecule has 2 aromatic rings. The lowest BCUT2D eigenvalue weighted by Crippen LogP contribution is -2.13. The van der Waals surface area contributed by atoms with Crippen LogP contribution in [0.1, 0.15) is 24.6 Å². The van der Waals surface area contributed by atoms with Gasteiger partial charge < -0.3 is 9.88 Å². The molecule has 0 spiro atoms. The molecule has 0 saturated heterocycles. The Morgan fingerprint density at radius 1 is 1.42 bits per heavy atom. The Kier molecular flexibility index (Phi) is 4.93. The van der Waals surface area contributed by atoms with Crippen molar-refractivity contribution in [1.29, 1.82) is 0 Å². The second-order valence-electron chi connectivity index (χ2n) is 4.45. The second-order valence-corrected chi connectivity index (χ2v) is 4.86. The first-order valence-corrected chi connectivity index (χ1v) is 6.72. The molecule has 0 aliphatic heterocycles. The number of hydrogen-bond donors (Lipinski definition) is 1. The summed E-state index contributed by atoms with van der Waals surface area (Å²) in [5.74, 6) is -0.316. The van der Waals surface area contributed by atoms with Gasteiger partial charge in [0.05, 0.1) is 12.0 Å². The molecule has 0 fully saturated rings. The molecule has 102 valence electrons. The lowest BCUT2D eigenvalue weighted by molar-refractivity contribution is 0.626. The van der Waals surface area contributed by atoms with Crippen LogP contribution in [-0.2, 0) is 13.1 Å². The summed E-state index contributed by atoms with van der Waals surface area (Å²) in [4.78, 5) is 4.31. The molecule has 0 atom stereocenters. The van der Waals surface area contributed by atoms with Crippen LogP contribution < -0.4 is 5.32 Å². The highest BCUT2D eigenvalue weighted by atomic mass is 35.5. The van der Waals surface area contributed by atoms with Crippen molar-refractivity contribution in [2.45, 2.75) is 26.4 Å². The van der Waals surface area contributed by atoms with Crippen LogP contribution in [-0.4, -0.2) is 16.1 Å². The third-order valence-electron chi connectivity index (χ3n) is 2.79. The van der Waals surface area contributed by atoms with Crippen molar-refractivity contribution < 1.29 is 4.39 Å². The van der Waals surface area contributed by atoms with Crippen molar-refractivity contribution in [2.24, 2.45) is 0 Å². The molecule has 1 aromatic heterocycles. The lowest BCUT2D eigenvalue weighted by atomic mass is 10.2. The van der Waals surface area contributed by atoms with E-state index in [2.05, 4.69) is 17.2 Å². The van der Waals surface area contributed by atoms with Gasteiger partial charge in [-0.25, -0.2) is 9.37 Å². The molecule has 19 heavy (non-hydrogen) atoms. The van der Waals surface area contributed by atoms with Gasteiger partial charge in [-0.05, 0) is 30.7 Å². The van der Waals surface area contributed by atoms with E-state index in [4.69, 9.17) is 11.6 Å². The Hall–Kier alpha value is -1.39. The van der Waals surface area contributed by atoms with E-state index >= 15 is 0 Å². The standard InChI is InChI=1S/C14H17ClFN3/c1-2-5-17-7-13-9-19(10-18-13)8-11-3-4-12(16)6-14(11)15/h3-4,6,9-10,17H,2,5,7-8H2,1H3. The number of benzene rings is 1. The molecule has 0 aliphatic carbocycles. The van der Waals surface area contributed by atoms with E-state index in [1.165, 1.54) is 12.1 Å². The van der Waals surface area contributed by atoms with Gasteiger partial charge in [0.2, 0.25) is 0 Å². The Labute approximate surface area is 117 Å². The number of nitrogens with one attached hydrogen (secondary N) is 1. The maximum Gasteiger partial charge on any atom is 0.124 e. The number of aromatic nitrogens is 2. The quantitative estimate of drug-likeness (QED) is 0.824. The van der Waals surface area contributed by atoms with Crippen LogP contribution in [0.4, 0.5) is 4.39 Å². The molecule has 1 aromatic carbocycles. The van der Waals surface area contributed by atoms with Crippen molar-refractivity contribution >= 4 is 11.6 Å². The molecule has 1 N–H and O–H groups in total. The maximum absolute atomic E-state index is 13.0. The van der Waals surface area contributed by atoms with Crippen LogP contribution in [0.15, 0.2) is 30.7 Å². The van der Waals surface area contributed by atoms with Crippen LogP contribution in [0.2, 0.25) is 5.02 Å². The van der Waals surface area contributed by atoms with Gasteiger partial charge in [0, 0.05) is 24.3 Å². The summed E-state index contributed by atoms with van der Waals surface area (Å²) < 4.78 is 14.9. The topological polar surface area (TPSA) is 29.9 Å².